The lowest BCUT2D eigenvalue weighted by molar-refractivity contribution is -0.142. The van der Waals surface area contributed by atoms with Crippen LogP contribution in [0.15, 0.2) is 108 Å². The predicted molar refractivity (Wildman–Crippen MR) is 155 cm³/mol. The highest BCUT2D eigenvalue weighted by Gasteiger charge is 2.33. The van der Waals surface area contributed by atoms with Gasteiger partial charge in [-0.25, -0.2) is 8.42 Å². The van der Waals surface area contributed by atoms with Crippen molar-refractivity contribution in [2.45, 2.75) is 25.7 Å². The molecule has 2 amide bonds. The Morgan fingerprint density at radius 2 is 1.49 bits per heavy atom. The predicted octanol–water partition coefficient (Wildman–Crippen LogP) is 4.14. The minimum absolute atomic E-state index is 0.0164. The van der Waals surface area contributed by atoms with Crippen LogP contribution in [0, 0.1) is 0 Å². The molecule has 9 nitrogen and oxygen atoms in total. The average molecular weight is 576 g/mol. The van der Waals surface area contributed by atoms with E-state index in [9.17, 15) is 18.0 Å². The maximum Gasteiger partial charge on any atom is 0.247 e. The van der Waals surface area contributed by atoms with Gasteiger partial charge >= 0.3 is 0 Å². The molecule has 0 fully saturated rings. The van der Waals surface area contributed by atoms with Gasteiger partial charge in [0.15, 0.2) is 0 Å². The Morgan fingerprint density at radius 3 is 2.07 bits per heavy atom. The highest BCUT2D eigenvalue weighted by atomic mass is 32.2. The summed E-state index contributed by atoms with van der Waals surface area (Å²) in [6.07, 6.45) is 2.59. The second-order valence-electron chi connectivity index (χ2n) is 9.50. The maximum atomic E-state index is 14.1. The average Bonchev–Trinajstić information content (AvgIpc) is 3.50. The molecule has 0 aliphatic heterocycles. The molecule has 1 aromatic heterocycles. The summed E-state index contributed by atoms with van der Waals surface area (Å²) >= 11 is 0. The fourth-order valence-corrected chi connectivity index (χ4v) is 5.09. The first-order chi connectivity index (χ1) is 19.7. The summed E-state index contributed by atoms with van der Waals surface area (Å²) in [5.74, 6) is 0.255. The number of sulfonamides is 1. The van der Waals surface area contributed by atoms with E-state index in [2.05, 4.69) is 5.32 Å². The SMILES string of the molecule is COc1ccc(CN(C(=O)CN(Cc2ccccc2)S(C)(=O)=O)C(C(=O)NCc2ccco2)c2ccccc2)cc1. The molecule has 1 N–H and O–H groups in total. The van der Waals surface area contributed by atoms with Crippen LogP contribution in [0.3, 0.4) is 0 Å². The molecular weight excluding hydrogens is 542 g/mol. The molecule has 10 heteroatoms. The van der Waals surface area contributed by atoms with Crippen LogP contribution in [-0.4, -0.2) is 49.3 Å². The zero-order chi connectivity index (χ0) is 29.2. The third-order valence-electron chi connectivity index (χ3n) is 6.51. The van der Waals surface area contributed by atoms with Gasteiger partial charge in [-0.3, -0.25) is 9.59 Å². The van der Waals surface area contributed by atoms with Crippen molar-refractivity contribution in [2.75, 3.05) is 19.9 Å². The van der Waals surface area contributed by atoms with E-state index < -0.39 is 34.4 Å². The molecule has 0 aliphatic carbocycles. The minimum Gasteiger partial charge on any atom is -0.497 e. The van der Waals surface area contributed by atoms with Gasteiger partial charge in [0, 0.05) is 13.1 Å². The lowest BCUT2D eigenvalue weighted by Crippen LogP contribution is -2.47. The molecule has 1 atom stereocenters. The van der Waals surface area contributed by atoms with Gasteiger partial charge in [-0.2, -0.15) is 4.31 Å². The first-order valence-corrected chi connectivity index (χ1v) is 14.9. The topological polar surface area (TPSA) is 109 Å². The van der Waals surface area contributed by atoms with Gasteiger partial charge in [0.25, 0.3) is 0 Å². The van der Waals surface area contributed by atoms with E-state index >= 15 is 0 Å². The molecule has 41 heavy (non-hydrogen) atoms. The van der Waals surface area contributed by atoms with Crippen molar-refractivity contribution in [1.82, 2.24) is 14.5 Å². The molecular formula is C31H33N3O6S. The van der Waals surface area contributed by atoms with Gasteiger partial charge in [0.2, 0.25) is 21.8 Å². The fourth-order valence-electron chi connectivity index (χ4n) is 4.36. The van der Waals surface area contributed by atoms with Gasteiger partial charge in [0.1, 0.15) is 17.6 Å². The lowest BCUT2D eigenvalue weighted by Gasteiger charge is -2.33. The zero-order valence-electron chi connectivity index (χ0n) is 23.0. The monoisotopic (exact) mass is 575 g/mol. The summed E-state index contributed by atoms with van der Waals surface area (Å²) in [5, 5.41) is 2.87. The standard InChI is InChI=1S/C31H33N3O6S/c1-39-27-17-15-25(16-18-27)22-34(29(35)23-33(41(2,37)38)21-24-10-5-3-6-11-24)30(26-12-7-4-8-13-26)31(36)32-20-28-14-9-19-40-28/h3-19,30H,20-23H2,1-2H3,(H,32,36). The summed E-state index contributed by atoms with van der Waals surface area (Å²) in [7, 11) is -2.21. The van der Waals surface area contributed by atoms with Crippen molar-refractivity contribution in [3.63, 3.8) is 0 Å². The Morgan fingerprint density at radius 1 is 0.854 bits per heavy atom. The van der Waals surface area contributed by atoms with Crippen LogP contribution < -0.4 is 10.1 Å². The Labute approximate surface area is 240 Å². The number of carbonyl (C=O) groups excluding carboxylic acids is 2. The minimum atomic E-state index is -3.77. The Hall–Kier alpha value is -4.41. The molecule has 1 unspecified atom stereocenters. The Balaban J connectivity index is 1.69. The largest absolute Gasteiger partial charge is 0.497 e. The number of benzene rings is 3. The molecule has 3 aromatic carbocycles. The van der Waals surface area contributed by atoms with Crippen LogP contribution in [-0.2, 0) is 39.2 Å². The van der Waals surface area contributed by atoms with Crippen molar-refractivity contribution in [3.8, 4) is 5.75 Å². The molecule has 0 spiro atoms. The number of rotatable bonds is 13. The van der Waals surface area contributed by atoms with Crippen molar-refractivity contribution in [2.24, 2.45) is 0 Å². The van der Waals surface area contributed by atoms with Crippen LogP contribution in [0.1, 0.15) is 28.5 Å². The second-order valence-corrected chi connectivity index (χ2v) is 11.5. The summed E-state index contributed by atoms with van der Waals surface area (Å²) in [5.41, 5.74) is 2.07. The van der Waals surface area contributed by atoms with Gasteiger partial charge in [0.05, 0.1) is 32.7 Å². The summed E-state index contributed by atoms with van der Waals surface area (Å²) in [4.78, 5) is 29.2. The first-order valence-electron chi connectivity index (χ1n) is 13.0. The molecule has 0 bridgehead atoms. The van der Waals surface area contributed by atoms with Gasteiger partial charge in [-0.05, 0) is 41.0 Å². The number of amides is 2. The normalized spacial score (nSPS) is 12.1. The number of nitrogens with zero attached hydrogens (tertiary/aromatic N) is 2. The number of hydrogen-bond acceptors (Lipinski definition) is 6. The van der Waals surface area contributed by atoms with Crippen LogP contribution in [0.2, 0.25) is 0 Å². The van der Waals surface area contributed by atoms with E-state index in [0.717, 1.165) is 21.7 Å². The Bertz CT molecular complexity index is 1510. The van der Waals surface area contributed by atoms with E-state index in [1.165, 1.54) is 11.2 Å². The molecule has 0 saturated heterocycles. The van der Waals surface area contributed by atoms with Crippen molar-refractivity contribution >= 4 is 21.8 Å². The van der Waals surface area contributed by atoms with Crippen LogP contribution in [0.5, 0.6) is 5.75 Å². The zero-order valence-corrected chi connectivity index (χ0v) is 23.8. The molecule has 0 aliphatic rings. The number of nitrogens with one attached hydrogen (secondary N) is 1. The van der Waals surface area contributed by atoms with Crippen LogP contribution in [0.25, 0.3) is 0 Å². The Kier molecular flexibility index (Phi) is 9.94. The van der Waals surface area contributed by atoms with Gasteiger partial charge < -0.3 is 19.4 Å². The van der Waals surface area contributed by atoms with E-state index in [-0.39, 0.29) is 19.6 Å². The quantitative estimate of drug-likeness (QED) is 0.257. The fraction of sp³-hybridized carbons (Fsp3) is 0.226. The summed E-state index contributed by atoms with van der Waals surface area (Å²) in [6.45, 7) is -0.246. The third-order valence-corrected chi connectivity index (χ3v) is 7.70. The molecule has 0 radical (unpaired) electrons. The van der Waals surface area contributed by atoms with Crippen molar-refractivity contribution < 1.29 is 27.2 Å². The van der Waals surface area contributed by atoms with E-state index in [1.807, 2.05) is 24.3 Å². The van der Waals surface area contributed by atoms with E-state index in [4.69, 9.17) is 9.15 Å². The van der Waals surface area contributed by atoms with Crippen LogP contribution in [0.4, 0.5) is 0 Å². The number of ether oxygens (including phenoxy) is 1. The highest BCUT2D eigenvalue weighted by molar-refractivity contribution is 7.88. The molecule has 4 rings (SSSR count). The van der Waals surface area contributed by atoms with Gasteiger partial charge in [-0.1, -0.05) is 72.8 Å². The smallest absolute Gasteiger partial charge is 0.247 e. The summed E-state index contributed by atoms with van der Waals surface area (Å²) in [6, 6.07) is 27.6. The molecule has 214 valence electrons. The number of carbonyl (C=O) groups is 2. The highest BCUT2D eigenvalue weighted by Crippen LogP contribution is 2.26. The number of methoxy groups -OCH3 is 1. The summed E-state index contributed by atoms with van der Waals surface area (Å²) < 4.78 is 37.3. The van der Waals surface area contributed by atoms with E-state index in [0.29, 0.717) is 17.1 Å². The molecule has 4 aromatic rings. The third kappa shape index (κ3) is 8.29. The van der Waals surface area contributed by atoms with Gasteiger partial charge in [-0.15, -0.1) is 0 Å². The van der Waals surface area contributed by atoms with Crippen molar-refractivity contribution in [1.29, 1.82) is 0 Å². The molecule has 0 saturated carbocycles. The van der Waals surface area contributed by atoms with E-state index in [1.54, 1.807) is 79.9 Å². The number of hydrogen-bond donors (Lipinski definition) is 1. The maximum absolute atomic E-state index is 14.1. The van der Waals surface area contributed by atoms with Crippen molar-refractivity contribution in [3.05, 3.63) is 126 Å². The number of furan rings is 1. The lowest BCUT2D eigenvalue weighted by atomic mass is 10.0. The van der Waals surface area contributed by atoms with Crippen LogP contribution >= 0.6 is 0 Å². The molecule has 1 heterocycles. The first kappa shape index (κ1) is 29.6. The second kappa shape index (κ2) is 13.8.